The van der Waals surface area contributed by atoms with Crippen molar-refractivity contribution >= 4 is 35.3 Å². The van der Waals surface area contributed by atoms with E-state index in [1.807, 2.05) is 18.2 Å². The number of ether oxygens (including phenoxy) is 2. The topological polar surface area (TPSA) is 83.7 Å². The first kappa shape index (κ1) is 23.1. The number of amides is 1. The zero-order valence-corrected chi connectivity index (χ0v) is 18.6. The van der Waals surface area contributed by atoms with Gasteiger partial charge in [-0.05, 0) is 47.0 Å². The van der Waals surface area contributed by atoms with Crippen LogP contribution in [-0.2, 0) is 11.4 Å². The van der Waals surface area contributed by atoms with Gasteiger partial charge >= 0.3 is 0 Å². The minimum Gasteiger partial charge on any atom is -0.493 e. The summed E-state index contributed by atoms with van der Waals surface area (Å²) in [6.45, 7) is 0.284. The first-order chi connectivity index (χ1) is 15.5. The van der Waals surface area contributed by atoms with E-state index in [1.54, 1.807) is 54.6 Å². The van der Waals surface area contributed by atoms with Crippen LogP contribution in [0.4, 0.5) is 0 Å². The Morgan fingerprint density at radius 2 is 1.88 bits per heavy atom. The van der Waals surface area contributed by atoms with Gasteiger partial charge in [-0.25, -0.2) is 5.43 Å². The predicted molar refractivity (Wildman–Crippen MR) is 124 cm³/mol. The highest BCUT2D eigenvalue weighted by Gasteiger charge is 2.19. The number of hydrogen-bond acceptors (Lipinski definition) is 5. The third-order valence-electron chi connectivity index (χ3n) is 4.48. The summed E-state index contributed by atoms with van der Waals surface area (Å²) in [5.41, 5.74) is 4.55. The smallest absolute Gasteiger partial charge is 0.261 e. The van der Waals surface area contributed by atoms with E-state index in [2.05, 4.69) is 10.5 Å². The number of nitrogens with zero attached hydrogens (tertiary/aromatic N) is 2. The first-order valence-electron chi connectivity index (χ1n) is 9.54. The SMILES string of the molecule is COc1cc(/C=N\NC(=O)[C@@H](C#N)c2ccccc2)ccc1OCc1ccc(Cl)c(Cl)c1. The second-order valence-electron chi connectivity index (χ2n) is 6.65. The van der Waals surface area contributed by atoms with Gasteiger partial charge in [-0.15, -0.1) is 0 Å². The summed E-state index contributed by atoms with van der Waals surface area (Å²) in [5, 5.41) is 14.2. The molecule has 3 aromatic carbocycles. The number of nitrogens with one attached hydrogen (secondary N) is 1. The number of carbonyl (C=O) groups is 1. The summed E-state index contributed by atoms with van der Waals surface area (Å²) >= 11 is 12.0. The van der Waals surface area contributed by atoms with E-state index < -0.39 is 11.8 Å². The molecule has 3 rings (SSSR count). The molecule has 0 bridgehead atoms. The van der Waals surface area contributed by atoms with Gasteiger partial charge in [-0.2, -0.15) is 10.4 Å². The molecule has 6 nitrogen and oxygen atoms in total. The van der Waals surface area contributed by atoms with Crippen molar-refractivity contribution in [2.45, 2.75) is 12.5 Å². The van der Waals surface area contributed by atoms with Gasteiger partial charge in [0, 0.05) is 0 Å². The fourth-order valence-electron chi connectivity index (χ4n) is 2.84. The molecule has 0 saturated heterocycles. The fourth-order valence-corrected chi connectivity index (χ4v) is 3.16. The van der Waals surface area contributed by atoms with Gasteiger partial charge in [0.25, 0.3) is 5.91 Å². The van der Waals surface area contributed by atoms with Crippen LogP contribution in [0.15, 0.2) is 71.8 Å². The molecule has 0 radical (unpaired) electrons. The minimum absolute atomic E-state index is 0.284. The van der Waals surface area contributed by atoms with Crippen molar-refractivity contribution in [1.82, 2.24) is 5.43 Å². The third-order valence-corrected chi connectivity index (χ3v) is 5.22. The Kier molecular flexibility index (Phi) is 8.09. The number of hydrazone groups is 1. The highest BCUT2D eigenvalue weighted by atomic mass is 35.5. The van der Waals surface area contributed by atoms with Gasteiger partial charge in [0.05, 0.1) is 29.4 Å². The molecule has 0 heterocycles. The normalized spacial score (nSPS) is 11.6. The third kappa shape index (κ3) is 6.01. The molecule has 0 aliphatic rings. The van der Waals surface area contributed by atoms with Crippen molar-refractivity contribution in [3.8, 4) is 17.6 Å². The number of nitriles is 1. The fraction of sp³-hybridized carbons (Fsp3) is 0.125. The Morgan fingerprint density at radius 3 is 2.56 bits per heavy atom. The van der Waals surface area contributed by atoms with Crippen LogP contribution in [0.25, 0.3) is 0 Å². The van der Waals surface area contributed by atoms with Crippen molar-refractivity contribution in [2.75, 3.05) is 7.11 Å². The van der Waals surface area contributed by atoms with Crippen molar-refractivity contribution in [3.05, 3.63) is 93.5 Å². The molecule has 0 spiro atoms. The number of halogens is 2. The average molecular weight is 468 g/mol. The van der Waals surface area contributed by atoms with Crippen LogP contribution in [-0.4, -0.2) is 19.2 Å². The Bertz CT molecular complexity index is 1160. The maximum atomic E-state index is 12.3. The highest BCUT2D eigenvalue weighted by molar-refractivity contribution is 6.42. The van der Waals surface area contributed by atoms with E-state index in [9.17, 15) is 10.1 Å². The molecule has 3 aromatic rings. The molecule has 0 aromatic heterocycles. The number of benzene rings is 3. The molecule has 0 aliphatic heterocycles. The van der Waals surface area contributed by atoms with Crippen LogP contribution in [0.2, 0.25) is 10.0 Å². The van der Waals surface area contributed by atoms with E-state index in [0.717, 1.165) is 5.56 Å². The van der Waals surface area contributed by atoms with E-state index in [4.69, 9.17) is 32.7 Å². The molecular formula is C24H19Cl2N3O3. The zero-order chi connectivity index (χ0) is 22.9. The lowest BCUT2D eigenvalue weighted by atomic mass is 10.0. The van der Waals surface area contributed by atoms with Crippen molar-refractivity contribution in [2.24, 2.45) is 5.10 Å². The average Bonchev–Trinajstić information content (AvgIpc) is 2.81. The molecule has 32 heavy (non-hydrogen) atoms. The molecule has 162 valence electrons. The quantitative estimate of drug-likeness (QED) is 0.358. The molecule has 0 aliphatic carbocycles. The van der Waals surface area contributed by atoms with Gasteiger partial charge < -0.3 is 9.47 Å². The lowest BCUT2D eigenvalue weighted by Crippen LogP contribution is -2.24. The van der Waals surface area contributed by atoms with Crippen LogP contribution in [0, 0.1) is 11.3 Å². The Labute approximate surface area is 196 Å². The molecule has 0 saturated carbocycles. The van der Waals surface area contributed by atoms with Crippen LogP contribution in [0.3, 0.4) is 0 Å². The monoisotopic (exact) mass is 467 g/mol. The lowest BCUT2D eigenvalue weighted by Gasteiger charge is -2.12. The lowest BCUT2D eigenvalue weighted by molar-refractivity contribution is -0.121. The molecular weight excluding hydrogens is 449 g/mol. The standard InChI is InChI=1S/C24H19Cl2N3O3/c1-31-23-12-16(8-10-22(23)32-15-17-7-9-20(25)21(26)11-17)14-28-29-24(30)19(13-27)18-5-3-2-4-6-18/h2-12,14,19H,15H2,1H3,(H,29,30)/b28-14-/t19-/m0/s1. The molecule has 1 atom stereocenters. The second-order valence-corrected chi connectivity index (χ2v) is 7.47. The number of rotatable bonds is 8. The Balaban J connectivity index is 1.63. The van der Waals surface area contributed by atoms with Crippen molar-refractivity contribution < 1.29 is 14.3 Å². The van der Waals surface area contributed by atoms with E-state index >= 15 is 0 Å². The maximum Gasteiger partial charge on any atom is 0.261 e. The van der Waals surface area contributed by atoms with Crippen LogP contribution in [0.1, 0.15) is 22.6 Å². The molecule has 1 N–H and O–H groups in total. The zero-order valence-electron chi connectivity index (χ0n) is 17.1. The van der Waals surface area contributed by atoms with Gasteiger partial charge in [0.15, 0.2) is 17.4 Å². The number of carbonyl (C=O) groups excluding carboxylic acids is 1. The van der Waals surface area contributed by atoms with Crippen molar-refractivity contribution in [1.29, 1.82) is 5.26 Å². The summed E-state index contributed by atoms with van der Waals surface area (Å²) in [4.78, 5) is 12.3. The largest absolute Gasteiger partial charge is 0.493 e. The van der Waals surface area contributed by atoms with E-state index in [-0.39, 0.29) is 6.61 Å². The van der Waals surface area contributed by atoms with Gasteiger partial charge in [0.1, 0.15) is 6.61 Å². The van der Waals surface area contributed by atoms with Gasteiger partial charge in [0.2, 0.25) is 0 Å². The molecule has 0 fully saturated rings. The van der Waals surface area contributed by atoms with Gasteiger partial charge in [-0.3, -0.25) is 4.79 Å². The number of hydrogen-bond donors (Lipinski definition) is 1. The first-order valence-corrected chi connectivity index (χ1v) is 10.3. The summed E-state index contributed by atoms with van der Waals surface area (Å²) < 4.78 is 11.2. The second kappa shape index (κ2) is 11.2. The van der Waals surface area contributed by atoms with Crippen LogP contribution >= 0.6 is 23.2 Å². The van der Waals surface area contributed by atoms with Crippen LogP contribution in [0.5, 0.6) is 11.5 Å². The van der Waals surface area contributed by atoms with Crippen LogP contribution < -0.4 is 14.9 Å². The van der Waals surface area contributed by atoms with Crippen molar-refractivity contribution in [3.63, 3.8) is 0 Å². The highest BCUT2D eigenvalue weighted by Crippen LogP contribution is 2.29. The molecule has 0 unspecified atom stereocenters. The van der Waals surface area contributed by atoms with E-state index in [1.165, 1.54) is 13.3 Å². The summed E-state index contributed by atoms with van der Waals surface area (Å²) in [5.74, 6) is -0.420. The Morgan fingerprint density at radius 1 is 1.09 bits per heavy atom. The van der Waals surface area contributed by atoms with Gasteiger partial charge in [-0.1, -0.05) is 59.6 Å². The maximum absolute atomic E-state index is 12.3. The Hall–Kier alpha value is -3.53. The molecule has 1 amide bonds. The summed E-state index contributed by atoms with van der Waals surface area (Å²) in [6, 6.07) is 21.3. The van der Waals surface area contributed by atoms with E-state index in [0.29, 0.717) is 32.7 Å². The number of methoxy groups -OCH3 is 1. The minimum atomic E-state index is -0.944. The summed E-state index contributed by atoms with van der Waals surface area (Å²) in [6.07, 6.45) is 1.46. The summed E-state index contributed by atoms with van der Waals surface area (Å²) in [7, 11) is 1.53. The molecule has 8 heteroatoms. The predicted octanol–water partition coefficient (Wildman–Crippen LogP) is 5.34.